The van der Waals surface area contributed by atoms with Crippen molar-refractivity contribution < 1.29 is 67.7 Å². The van der Waals surface area contributed by atoms with Gasteiger partial charge in [-0.3, -0.25) is 0 Å². The van der Waals surface area contributed by atoms with E-state index < -0.39 is 0 Å². The normalized spacial score (nSPS) is 24.0. The SMILES string of the molecule is [CH2-]CC1CN(C)C(=O)O1.[Rb+]. The minimum Gasteiger partial charge on any atom is -0.447 e. The number of ether oxygens (including phenoxy) is 1. The largest absolute Gasteiger partial charge is 1.00 e. The Morgan fingerprint density at radius 3 is 2.70 bits per heavy atom. The van der Waals surface area contributed by atoms with E-state index in [0.717, 1.165) is 0 Å². The molecule has 1 aliphatic heterocycles. The number of hydrogen-bond donors (Lipinski definition) is 0. The number of hydrogen-bond acceptors (Lipinski definition) is 2. The van der Waals surface area contributed by atoms with Gasteiger partial charge in [0.25, 0.3) is 0 Å². The molecule has 1 aliphatic rings. The van der Waals surface area contributed by atoms with Gasteiger partial charge >= 0.3 is 64.3 Å². The molecule has 10 heavy (non-hydrogen) atoms. The van der Waals surface area contributed by atoms with Crippen molar-refractivity contribution in [2.45, 2.75) is 12.5 Å². The van der Waals surface area contributed by atoms with E-state index in [1.165, 1.54) is 0 Å². The zero-order valence-corrected chi connectivity index (χ0v) is 11.4. The van der Waals surface area contributed by atoms with Gasteiger partial charge < -0.3 is 16.6 Å². The summed E-state index contributed by atoms with van der Waals surface area (Å²) in [6.45, 7) is 4.32. The number of rotatable bonds is 1. The summed E-state index contributed by atoms with van der Waals surface area (Å²) in [6.07, 6.45) is 0.446. The Kier molecular flexibility index (Phi) is 5.38. The van der Waals surface area contributed by atoms with Gasteiger partial charge in [-0.1, -0.05) is 0 Å². The fourth-order valence-electron chi connectivity index (χ4n) is 0.800. The Labute approximate surface area is 110 Å². The average Bonchev–Trinajstić information content (AvgIpc) is 2.13. The van der Waals surface area contributed by atoms with Crippen LogP contribution in [-0.4, -0.2) is 30.7 Å². The predicted molar refractivity (Wildman–Crippen MR) is 32.9 cm³/mol. The molecule has 0 bridgehead atoms. The monoisotopic (exact) mass is 213 g/mol. The maximum absolute atomic E-state index is 10.6. The van der Waals surface area contributed by atoms with Crippen LogP contribution in [-0.2, 0) is 4.74 Å². The first kappa shape index (κ1) is 11.1. The molecule has 0 aromatic rings. The van der Waals surface area contributed by atoms with Crippen molar-refractivity contribution in [2.75, 3.05) is 13.6 Å². The van der Waals surface area contributed by atoms with Crippen molar-refractivity contribution in [3.63, 3.8) is 0 Å². The summed E-state index contributed by atoms with van der Waals surface area (Å²) in [5, 5.41) is 0. The first-order valence-corrected chi connectivity index (χ1v) is 2.95. The molecule has 0 aromatic heterocycles. The summed E-state index contributed by atoms with van der Waals surface area (Å²) in [5.41, 5.74) is 0. The van der Waals surface area contributed by atoms with Crippen LogP contribution in [0.5, 0.6) is 0 Å². The number of carbonyl (C=O) groups excluding carboxylic acids is 1. The van der Waals surface area contributed by atoms with E-state index in [9.17, 15) is 4.79 Å². The van der Waals surface area contributed by atoms with Crippen molar-refractivity contribution in [1.82, 2.24) is 4.90 Å². The predicted octanol–water partition coefficient (Wildman–Crippen LogP) is -2.33. The number of amides is 1. The number of carbonyl (C=O) groups is 1. The molecule has 0 radical (unpaired) electrons. The zero-order valence-electron chi connectivity index (χ0n) is 6.46. The summed E-state index contributed by atoms with van der Waals surface area (Å²) in [7, 11) is 1.72. The van der Waals surface area contributed by atoms with Gasteiger partial charge in [0.2, 0.25) is 0 Å². The molecular weight excluding hydrogens is 204 g/mol. The van der Waals surface area contributed by atoms with Gasteiger partial charge in [-0.05, 0) is 0 Å². The second-order valence-corrected chi connectivity index (χ2v) is 2.17. The van der Waals surface area contributed by atoms with Gasteiger partial charge in [0.15, 0.2) is 0 Å². The molecule has 0 saturated carbocycles. The van der Waals surface area contributed by atoms with Gasteiger partial charge in [0, 0.05) is 7.05 Å². The van der Waals surface area contributed by atoms with Crippen LogP contribution in [0, 0.1) is 6.92 Å². The third-order valence-electron chi connectivity index (χ3n) is 1.38. The van der Waals surface area contributed by atoms with E-state index in [0.29, 0.717) is 13.0 Å². The van der Waals surface area contributed by atoms with E-state index in [1.807, 2.05) is 0 Å². The van der Waals surface area contributed by atoms with E-state index >= 15 is 0 Å². The molecule has 0 N–H and O–H groups in total. The smallest absolute Gasteiger partial charge is 0.447 e. The first-order chi connectivity index (χ1) is 4.24. The second-order valence-electron chi connectivity index (χ2n) is 2.17. The van der Waals surface area contributed by atoms with Gasteiger partial charge in [-0.15, -0.1) is 6.42 Å². The molecule has 1 unspecified atom stereocenters. The topological polar surface area (TPSA) is 29.5 Å². The third-order valence-corrected chi connectivity index (χ3v) is 1.38. The Morgan fingerprint density at radius 2 is 2.50 bits per heavy atom. The Bertz CT molecular complexity index is 129. The summed E-state index contributed by atoms with van der Waals surface area (Å²) in [6, 6.07) is 0. The minimum atomic E-state index is -0.233. The van der Waals surface area contributed by atoms with Crippen LogP contribution in [0.3, 0.4) is 0 Å². The van der Waals surface area contributed by atoms with E-state index in [2.05, 4.69) is 6.92 Å². The van der Waals surface area contributed by atoms with Gasteiger partial charge in [-0.2, -0.15) is 0 Å². The van der Waals surface area contributed by atoms with Gasteiger partial charge in [-0.25, -0.2) is 4.79 Å². The average molecular weight is 214 g/mol. The Morgan fingerprint density at radius 1 is 1.90 bits per heavy atom. The number of nitrogens with zero attached hydrogens (tertiary/aromatic N) is 1. The standard InChI is InChI=1S/C6H10NO2.Rb/c1-3-5-4-7(2)6(8)9-5;/h5H,1,3-4H2,2H3;/q-1;+1. The molecule has 1 amide bonds. The van der Waals surface area contributed by atoms with Crippen LogP contribution >= 0.6 is 0 Å². The van der Waals surface area contributed by atoms with Gasteiger partial charge in [0.1, 0.15) is 0 Å². The van der Waals surface area contributed by atoms with E-state index in [4.69, 9.17) is 4.74 Å². The van der Waals surface area contributed by atoms with Crippen molar-refractivity contribution in [2.24, 2.45) is 0 Å². The molecule has 0 spiro atoms. The maximum Gasteiger partial charge on any atom is 1.00 e. The van der Waals surface area contributed by atoms with E-state index in [1.54, 1.807) is 11.9 Å². The van der Waals surface area contributed by atoms with Gasteiger partial charge in [0.05, 0.1) is 12.6 Å². The summed E-state index contributed by atoms with van der Waals surface area (Å²) in [4.78, 5) is 12.2. The van der Waals surface area contributed by atoms with Crippen molar-refractivity contribution in [1.29, 1.82) is 0 Å². The maximum atomic E-state index is 10.6. The van der Waals surface area contributed by atoms with Crippen molar-refractivity contribution in [3.8, 4) is 0 Å². The molecule has 1 atom stereocenters. The second kappa shape index (κ2) is 4.85. The zero-order chi connectivity index (χ0) is 6.85. The van der Waals surface area contributed by atoms with Crippen LogP contribution in [0.1, 0.15) is 6.42 Å². The molecule has 52 valence electrons. The molecule has 4 heteroatoms. The third kappa shape index (κ3) is 2.60. The van der Waals surface area contributed by atoms with E-state index in [-0.39, 0.29) is 70.4 Å². The van der Waals surface area contributed by atoms with Crippen LogP contribution in [0.2, 0.25) is 0 Å². The molecular formula is C6H10NO2Rb. The Hall–Kier alpha value is 1.08. The van der Waals surface area contributed by atoms with Crippen molar-refractivity contribution in [3.05, 3.63) is 6.92 Å². The number of likely N-dealkylation sites (N-methyl/N-ethyl adjacent to an activating group) is 1. The summed E-state index contributed by atoms with van der Waals surface area (Å²) < 4.78 is 4.85. The molecule has 0 aliphatic carbocycles. The molecule has 3 nitrogen and oxygen atoms in total. The van der Waals surface area contributed by atoms with Crippen LogP contribution < -0.4 is 58.2 Å². The van der Waals surface area contributed by atoms with Crippen LogP contribution in [0.25, 0.3) is 0 Å². The fraction of sp³-hybridized carbons (Fsp3) is 0.667. The van der Waals surface area contributed by atoms with Crippen molar-refractivity contribution >= 4 is 6.09 Å². The molecule has 1 saturated heterocycles. The first-order valence-electron chi connectivity index (χ1n) is 2.95. The molecule has 1 fully saturated rings. The Balaban J connectivity index is 0.000000810. The van der Waals surface area contributed by atoms with Crippen LogP contribution in [0.4, 0.5) is 4.79 Å². The molecule has 1 rings (SSSR count). The molecule has 0 aromatic carbocycles. The minimum absolute atomic E-state index is 0. The van der Waals surface area contributed by atoms with Crippen LogP contribution in [0.15, 0.2) is 0 Å². The fourth-order valence-corrected chi connectivity index (χ4v) is 0.800. The summed E-state index contributed by atoms with van der Waals surface area (Å²) >= 11 is 0. The quantitative estimate of drug-likeness (QED) is 0.457. The summed E-state index contributed by atoms with van der Waals surface area (Å²) in [5.74, 6) is 0. The molecule has 1 heterocycles. The number of cyclic esters (lactones) is 1.